The predicted molar refractivity (Wildman–Crippen MR) is 99.8 cm³/mol. The number of thiazole rings is 1. The molecule has 3 aromatic heterocycles. The third-order valence-corrected chi connectivity index (χ3v) is 5.66. The standard InChI is InChI=1S/C19H15ClFN3S/c20-18-16(10-13-11-23-19-15(13)2-1-9-22-19)25-17(24-18)8-5-12-3-6-14(21)7-4-12/h1-4,6-7,9,11H,5,8,10H2,(H,22,23). The average molecular weight is 372 g/mol. The number of aryl methyl sites for hydroxylation is 2. The molecule has 3 nitrogen and oxygen atoms in total. The van der Waals surface area contributed by atoms with Crippen molar-refractivity contribution in [3.05, 3.63) is 80.8 Å². The number of nitrogens with zero attached hydrogens (tertiary/aromatic N) is 2. The highest BCUT2D eigenvalue weighted by Crippen LogP contribution is 2.29. The summed E-state index contributed by atoms with van der Waals surface area (Å²) in [6.45, 7) is 0. The van der Waals surface area contributed by atoms with Crippen LogP contribution < -0.4 is 0 Å². The van der Waals surface area contributed by atoms with E-state index in [0.717, 1.165) is 45.7 Å². The zero-order valence-electron chi connectivity index (χ0n) is 13.3. The number of aromatic amines is 1. The van der Waals surface area contributed by atoms with Gasteiger partial charge in [0.25, 0.3) is 0 Å². The molecule has 0 aliphatic carbocycles. The van der Waals surface area contributed by atoms with Crippen LogP contribution in [0.25, 0.3) is 11.0 Å². The lowest BCUT2D eigenvalue weighted by atomic mass is 10.1. The van der Waals surface area contributed by atoms with Crippen molar-refractivity contribution in [2.75, 3.05) is 0 Å². The van der Waals surface area contributed by atoms with Gasteiger partial charge in [-0.1, -0.05) is 23.7 Å². The first-order valence-electron chi connectivity index (χ1n) is 7.98. The first-order chi connectivity index (χ1) is 12.2. The fraction of sp³-hybridized carbons (Fsp3) is 0.158. The van der Waals surface area contributed by atoms with E-state index in [-0.39, 0.29) is 5.82 Å². The Morgan fingerprint density at radius 3 is 2.80 bits per heavy atom. The van der Waals surface area contributed by atoms with Crippen LogP contribution in [-0.4, -0.2) is 15.0 Å². The maximum atomic E-state index is 13.0. The number of aromatic nitrogens is 3. The topological polar surface area (TPSA) is 41.6 Å². The summed E-state index contributed by atoms with van der Waals surface area (Å²) in [6, 6.07) is 10.6. The van der Waals surface area contributed by atoms with Crippen molar-refractivity contribution in [1.82, 2.24) is 15.0 Å². The highest BCUT2D eigenvalue weighted by molar-refractivity contribution is 7.12. The largest absolute Gasteiger partial charge is 0.346 e. The Morgan fingerprint density at radius 1 is 1.12 bits per heavy atom. The first kappa shape index (κ1) is 16.2. The second-order valence-electron chi connectivity index (χ2n) is 5.84. The molecule has 126 valence electrons. The summed E-state index contributed by atoms with van der Waals surface area (Å²) in [5.41, 5.74) is 3.14. The molecule has 25 heavy (non-hydrogen) atoms. The van der Waals surface area contributed by atoms with Crippen LogP contribution in [0.5, 0.6) is 0 Å². The SMILES string of the molecule is Fc1ccc(CCc2nc(Cl)c(Cc3c[nH]c4ncccc34)s2)cc1. The second kappa shape index (κ2) is 6.94. The van der Waals surface area contributed by atoms with Gasteiger partial charge in [-0.15, -0.1) is 11.3 Å². The van der Waals surface area contributed by atoms with Crippen molar-refractivity contribution >= 4 is 34.0 Å². The van der Waals surface area contributed by atoms with E-state index < -0.39 is 0 Å². The predicted octanol–water partition coefficient (Wildman–Crippen LogP) is 5.19. The zero-order valence-corrected chi connectivity index (χ0v) is 14.9. The maximum Gasteiger partial charge on any atom is 0.143 e. The van der Waals surface area contributed by atoms with Crippen LogP contribution >= 0.6 is 22.9 Å². The molecule has 0 fully saturated rings. The summed E-state index contributed by atoms with van der Waals surface area (Å²) >= 11 is 7.98. The fourth-order valence-corrected chi connectivity index (χ4v) is 4.15. The molecule has 0 unspecified atom stereocenters. The van der Waals surface area contributed by atoms with Crippen molar-refractivity contribution in [1.29, 1.82) is 0 Å². The smallest absolute Gasteiger partial charge is 0.143 e. The number of benzene rings is 1. The highest BCUT2D eigenvalue weighted by Gasteiger charge is 2.13. The van der Waals surface area contributed by atoms with Gasteiger partial charge in [0.1, 0.15) is 16.6 Å². The van der Waals surface area contributed by atoms with E-state index >= 15 is 0 Å². The number of rotatable bonds is 5. The summed E-state index contributed by atoms with van der Waals surface area (Å²) < 4.78 is 13.0. The summed E-state index contributed by atoms with van der Waals surface area (Å²) in [6.07, 6.45) is 6.10. The molecule has 0 atom stereocenters. The van der Waals surface area contributed by atoms with Crippen molar-refractivity contribution in [3.63, 3.8) is 0 Å². The van der Waals surface area contributed by atoms with Crippen LogP contribution in [0.1, 0.15) is 21.0 Å². The molecular formula is C19H15ClFN3S. The fourth-order valence-electron chi connectivity index (χ4n) is 2.83. The molecule has 4 rings (SSSR count). The molecule has 4 aromatic rings. The quantitative estimate of drug-likeness (QED) is 0.524. The van der Waals surface area contributed by atoms with Crippen molar-refractivity contribution in [2.45, 2.75) is 19.3 Å². The lowest BCUT2D eigenvalue weighted by Gasteiger charge is -1.98. The lowest BCUT2D eigenvalue weighted by molar-refractivity contribution is 0.627. The molecule has 0 spiro atoms. The van der Waals surface area contributed by atoms with Gasteiger partial charge in [-0.25, -0.2) is 14.4 Å². The van der Waals surface area contributed by atoms with Crippen LogP contribution in [0.2, 0.25) is 5.15 Å². The Kier molecular flexibility index (Phi) is 4.51. The van der Waals surface area contributed by atoms with Crippen LogP contribution in [-0.2, 0) is 19.3 Å². The van der Waals surface area contributed by atoms with Gasteiger partial charge in [0.15, 0.2) is 0 Å². The van der Waals surface area contributed by atoms with Gasteiger partial charge in [0.05, 0.1) is 5.01 Å². The molecule has 0 amide bonds. The molecule has 0 bridgehead atoms. The van der Waals surface area contributed by atoms with Gasteiger partial charge in [0, 0.05) is 35.5 Å². The van der Waals surface area contributed by atoms with E-state index in [0.29, 0.717) is 5.15 Å². The summed E-state index contributed by atoms with van der Waals surface area (Å²) in [5.74, 6) is -0.212. The van der Waals surface area contributed by atoms with Gasteiger partial charge in [-0.2, -0.15) is 0 Å². The van der Waals surface area contributed by atoms with Gasteiger partial charge < -0.3 is 4.98 Å². The van der Waals surface area contributed by atoms with Crippen LogP contribution in [0.4, 0.5) is 4.39 Å². The molecule has 0 saturated heterocycles. The minimum absolute atomic E-state index is 0.212. The molecular weight excluding hydrogens is 357 g/mol. The molecule has 1 N–H and O–H groups in total. The van der Waals surface area contributed by atoms with E-state index in [1.165, 1.54) is 17.7 Å². The van der Waals surface area contributed by atoms with Gasteiger partial charge in [0.2, 0.25) is 0 Å². The summed E-state index contributed by atoms with van der Waals surface area (Å²) in [7, 11) is 0. The highest BCUT2D eigenvalue weighted by atomic mass is 35.5. The zero-order chi connectivity index (χ0) is 17.2. The summed E-state index contributed by atoms with van der Waals surface area (Å²) in [4.78, 5) is 13.0. The van der Waals surface area contributed by atoms with Crippen LogP contribution in [0, 0.1) is 5.82 Å². The number of H-pyrrole nitrogens is 1. The molecule has 0 radical (unpaired) electrons. The molecule has 0 aliphatic rings. The molecule has 0 aliphatic heterocycles. The Hall–Kier alpha value is -2.24. The molecule has 1 aromatic carbocycles. The molecule has 0 saturated carbocycles. The van der Waals surface area contributed by atoms with E-state index in [1.807, 2.05) is 24.4 Å². The van der Waals surface area contributed by atoms with Gasteiger partial charge in [-0.3, -0.25) is 0 Å². The Labute approximate surface area is 153 Å². The second-order valence-corrected chi connectivity index (χ2v) is 7.36. The molecule has 3 heterocycles. The van der Waals surface area contributed by atoms with Crippen molar-refractivity contribution in [2.24, 2.45) is 0 Å². The van der Waals surface area contributed by atoms with Crippen LogP contribution in [0.15, 0.2) is 48.8 Å². The third kappa shape index (κ3) is 3.57. The number of fused-ring (bicyclic) bond motifs is 1. The van der Waals surface area contributed by atoms with E-state index in [1.54, 1.807) is 17.5 Å². The van der Waals surface area contributed by atoms with E-state index in [4.69, 9.17) is 11.6 Å². The number of pyridine rings is 1. The third-order valence-electron chi connectivity index (χ3n) is 4.12. The average Bonchev–Trinajstić information content (AvgIpc) is 3.19. The number of nitrogens with one attached hydrogen (secondary N) is 1. The monoisotopic (exact) mass is 371 g/mol. The number of halogens is 2. The van der Waals surface area contributed by atoms with E-state index in [2.05, 4.69) is 21.0 Å². The van der Waals surface area contributed by atoms with Gasteiger partial charge in [-0.05, 0) is 41.8 Å². The maximum absolute atomic E-state index is 13.0. The Morgan fingerprint density at radius 2 is 1.96 bits per heavy atom. The number of hydrogen-bond acceptors (Lipinski definition) is 3. The van der Waals surface area contributed by atoms with E-state index in [9.17, 15) is 4.39 Å². The minimum Gasteiger partial charge on any atom is -0.346 e. The first-order valence-corrected chi connectivity index (χ1v) is 9.18. The Balaban J connectivity index is 1.49. The minimum atomic E-state index is -0.212. The molecule has 6 heteroatoms. The summed E-state index contributed by atoms with van der Waals surface area (Å²) in [5, 5.41) is 2.68. The normalized spacial score (nSPS) is 11.3. The van der Waals surface area contributed by atoms with Crippen molar-refractivity contribution in [3.8, 4) is 0 Å². The van der Waals surface area contributed by atoms with Crippen molar-refractivity contribution < 1.29 is 4.39 Å². The lowest BCUT2D eigenvalue weighted by Crippen LogP contribution is -1.90. The van der Waals surface area contributed by atoms with Gasteiger partial charge >= 0.3 is 0 Å². The Bertz CT molecular complexity index is 1010. The number of hydrogen-bond donors (Lipinski definition) is 1. The van der Waals surface area contributed by atoms with Crippen LogP contribution in [0.3, 0.4) is 0 Å².